The molecule has 1 aromatic carbocycles. The summed E-state index contributed by atoms with van der Waals surface area (Å²) in [6.45, 7) is 0. The quantitative estimate of drug-likeness (QED) is 0.500. The van der Waals surface area contributed by atoms with E-state index in [9.17, 15) is 4.79 Å². The number of benzene rings is 1. The van der Waals surface area contributed by atoms with Gasteiger partial charge in [-0.05, 0) is 12.1 Å². The topological polar surface area (TPSA) is 55.1 Å². The normalized spacial score (nSPS) is 10.2. The number of anilines is 1. The molecule has 0 aliphatic carbocycles. The van der Waals surface area contributed by atoms with Gasteiger partial charge in [-0.15, -0.1) is 0 Å². The zero-order valence-electron chi connectivity index (χ0n) is 7.07. The summed E-state index contributed by atoms with van der Waals surface area (Å²) in [5.74, 6) is 0. The van der Waals surface area contributed by atoms with Crippen LogP contribution < -0.4 is 10.8 Å². The second kappa shape index (κ2) is 2.93. The fourth-order valence-electron chi connectivity index (χ4n) is 1.15. The van der Waals surface area contributed by atoms with Gasteiger partial charge in [0.15, 0.2) is 5.58 Å². The highest BCUT2D eigenvalue weighted by atomic mass is 16.4. The smallest absolute Gasteiger partial charge is 0.302 e. The van der Waals surface area contributed by atoms with Crippen LogP contribution in [0.25, 0.3) is 11.1 Å². The third-order valence-corrected chi connectivity index (χ3v) is 1.73. The van der Waals surface area contributed by atoms with E-state index >= 15 is 0 Å². The Hall–Kier alpha value is -1.78. The lowest BCUT2D eigenvalue weighted by Crippen LogP contribution is -1.99. The molecule has 1 N–H and O–H groups in total. The van der Waals surface area contributed by atoms with Crippen molar-refractivity contribution in [1.29, 1.82) is 0 Å². The molecule has 2 rings (SSSR count). The maximum atomic E-state index is 10.1. The first-order valence-corrected chi connectivity index (χ1v) is 3.87. The summed E-state index contributed by atoms with van der Waals surface area (Å²) >= 11 is 0. The Morgan fingerprint density at radius 3 is 3.15 bits per heavy atom. The van der Waals surface area contributed by atoms with Crippen molar-refractivity contribution < 1.29 is 9.21 Å². The predicted octanol–water partition coefficient (Wildman–Crippen LogP) is -0.346. The number of fused-ring (bicyclic) bond motifs is 1. The first-order chi connectivity index (χ1) is 6.29. The van der Waals surface area contributed by atoms with Gasteiger partial charge in [-0.1, -0.05) is 11.5 Å². The molecule has 1 heterocycles. The average Bonchev–Trinajstić information content (AvgIpc) is 2.46. The molecule has 0 saturated carbocycles. The summed E-state index contributed by atoms with van der Waals surface area (Å²) in [4.78, 5) is 14.2. The molecule has 0 fully saturated rings. The summed E-state index contributed by atoms with van der Waals surface area (Å²) in [5, 5.41) is 2.36. The Balaban J connectivity index is 2.55. The molecule has 1 amide bonds. The predicted molar refractivity (Wildman–Crippen MR) is 51.9 cm³/mol. The lowest BCUT2D eigenvalue weighted by molar-refractivity contribution is -0.105. The van der Waals surface area contributed by atoms with Crippen molar-refractivity contribution in [1.82, 2.24) is 4.98 Å². The van der Waals surface area contributed by atoms with Crippen molar-refractivity contribution in [3.05, 3.63) is 18.2 Å². The molecule has 1 aromatic heterocycles. The van der Waals surface area contributed by atoms with Crippen LogP contribution in [0.3, 0.4) is 0 Å². The average molecular weight is 174 g/mol. The van der Waals surface area contributed by atoms with Crippen molar-refractivity contribution in [3.63, 3.8) is 0 Å². The highest BCUT2D eigenvalue weighted by molar-refractivity contribution is 6.33. The first kappa shape index (κ1) is 7.85. The number of carbonyl (C=O) groups excluding carboxylic acids is 1. The minimum atomic E-state index is 0.232. The van der Waals surface area contributed by atoms with Crippen LogP contribution in [0.1, 0.15) is 0 Å². The van der Waals surface area contributed by atoms with Crippen LogP contribution in [0, 0.1) is 0 Å². The summed E-state index contributed by atoms with van der Waals surface area (Å²) in [7, 11) is 1.97. The number of nitrogens with zero attached hydrogens (tertiary/aromatic N) is 1. The van der Waals surface area contributed by atoms with Crippen LogP contribution in [0.5, 0.6) is 0 Å². The molecular weight excluding hydrogens is 167 g/mol. The van der Waals surface area contributed by atoms with E-state index < -0.39 is 0 Å². The second-order valence-electron chi connectivity index (χ2n) is 2.75. The van der Waals surface area contributed by atoms with Crippen molar-refractivity contribution in [3.8, 4) is 0 Å². The van der Waals surface area contributed by atoms with Gasteiger partial charge < -0.3 is 4.42 Å². The number of hydrogen-bond donors (Lipinski definition) is 1. The molecule has 0 saturated heterocycles. The summed E-state index contributed by atoms with van der Waals surface area (Å²) in [6.07, 6.45) is 0.539. The van der Waals surface area contributed by atoms with Crippen LogP contribution in [-0.2, 0) is 4.79 Å². The molecule has 0 radical (unpaired) electrons. The summed E-state index contributed by atoms with van der Waals surface area (Å²) in [5.41, 5.74) is 2.54. The third-order valence-electron chi connectivity index (χ3n) is 1.73. The van der Waals surface area contributed by atoms with Gasteiger partial charge in [0.25, 0.3) is 0 Å². The Kier molecular flexibility index (Phi) is 1.77. The van der Waals surface area contributed by atoms with E-state index in [0.29, 0.717) is 12.0 Å². The number of hydrogen-bond acceptors (Lipinski definition) is 3. The van der Waals surface area contributed by atoms with Gasteiger partial charge in [-0.25, -0.2) is 0 Å². The molecule has 13 heavy (non-hydrogen) atoms. The van der Waals surface area contributed by atoms with Gasteiger partial charge in [-0.2, -0.15) is 4.98 Å². The van der Waals surface area contributed by atoms with E-state index in [1.165, 1.54) is 0 Å². The molecule has 64 valence electrons. The standard InChI is InChI=1S/C8H7BN2O2/c9-5-1-2-7-6(3-5)11-8(13-7)10-4-12/h1-4H,9H2,(H,10,11,12). The number of amides is 1. The van der Waals surface area contributed by atoms with E-state index in [0.717, 1.165) is 11.0 Å². The zero-order valence-corrected chi connectivity index (χ0v) is 7.07. The SMILES string of the molecule is Bc1ccc2oc(NC=O)nc2c1. The molecule has 0 aliphatic heterocycles. The fourth-order valence-corrected chi connectivity index (χ4v) is 1.15. The Bertz CT molecular complexity index is 452. The van der Waals surface area contributed by atoms with E-state index in [1.807, 2.05) is 26.0 Å². The largest absolute Gasteiger partial charge is 0.423 e. The van der Waals surface area contributed by atoms with E-state index in [4.69, 9.17) is 4.42 Å². The molecular formula is C8H7BN2O2. The van der Waals surface area contributed by atoms with Crippen LogP contribution in [0.15, 0.2) is 22.6 Å². The molecule has 4 nitrogen and oxygen atoms in total. The Morgan fingerprint density at radius 2 is 2.38 bits per heavy atom. The Labute approximate surface area is 75.4 Å². The number of aromatic nitrogens is 1. The van der Waals surface area contributed by atoms with Crippen LogP contribution in [0.4, 0.5) is 6.01 Å². The molecule has 0 aliphatic rings. The monoisotopic (exact) mass is 174 g/mol. The van der Waals surface area contributed by atoms with E-state index in [2.05, 4.69) is 10.3 Å². The highest BCUT2D eigenvalue weighted by Gasteiger charge is 2.03. The minimum Gasteiger partial charge on any atom is -0.423 e. The maximum Gasteiger partial charge on any atom is 0.302 e. The van der Waals surface area contributed by atoms with E-state index in [1.54, 1.807) is 0 Å². The lowest BCUT2D eigenvalue weighted by Gasteiger charge is -1.87. The van der Waals surface area contributed by atoms with Crippen LogP contribution in [-0.4, -0.2) is 19.2 Å². The van der Waals surface area contributed by atoms with Gasteiger partial charge in [0.05, 0.1) is 0 Å². The molecule has 0 atom stereocenters. The minimum absolute atomic E-state index is 0.232. The first-order valence-electron chi connectivity index (χ1n) is 3.87. The van der Waals surface area contributed by atoms with Gasteiger partial charge in [0, 0.05) is 0 Å². The second-order valence-corrected chi connectivity index (χ2v) is 2.75. The summed E-state index contributed by atoms with van der Waals surface area (Å²) in [6, 6.07) is 5.89. The van der Waals surface area contributed by atoms with Crippen molar-refractivity contribution in [2.24, 2.45) is 0 Å². The third kappa shape index (κ3) is 1.40. The fraction of sp³-hybridized carbons (Fsp3) is 0. The number of rotatable bonds is 2. The van der Waals surface area contributed by atoms with Crippen LogP contribution >= 0.6 is 0 Å². The maximum absolute atomic E-state index is 10.1. The molecule has 0 bridgehead atoms. The van der Waals surface area contributed by atoms with Gasteiger partial charge in [0.1, 0.15) is 13.4 Å². The number of carbonyl (C=O) groups is 1. The molecule has 0 unspecified atom stereocenters. The van der Waals surface area contributed by atoms with E-state index in [-0.39, 0.29) is 6.01 Å². The summed E-state index contributed by atoms with van der Waals surface area (Å²) < 4.78 is 5.21. The molecule has 2 aromatic rings. The van der Waals surface area contributed by atoms with Gasteiger partial charge in [-0.3, -0.25) is 10.1 Å². The van der Waals surface area contributed by atoms with Gasteiger partial charge >= 0.3 is 6.01 Å². The lowest BCUT2D eigenvalue weighted by atomic mass is 9.96. The van der Waals surface area contributed by atoms with Crippen molar-refractivity contribution in [2.75, 3.05) is 5.32 Å². The number of nitrogens with one attached hydrogen (secondary N) is 1. The van der Waals surface area contributed by atoms with Gasteiger partial charge in [0.2, 0.25) is 6.41 Å². The zero-order chi connectivity index (χ0) is 9.26. The molecule has 0 spiro atoms. The highest BCUT2D eigenvalue weighted by Crippen LogP contribution is 2.16. The van der Waals surface area contributed by atoms with Crippen molar-refractivity contribution >= 4 is 36.8 Å². The number of oxazole rings is 1. The van der Waals surface area contributed by atoms with Crippen LogP contribution in [0.2, 0.25) is 0 Å². The Morgan fingerprint density at radius 1 is 1.54 bits per heavy atom. The molecule has 5 heteroatoms. The van der Waals surface area contributed by atoms with Crippen molar-refractivity contribution in [2.45, 2.75) is 0 Å².